The van der Waals surface area contributed by atoms with E-state index in [9.17, 15) is 13.8 Å². The zero-order valence-electron chi connectivity index (χ0n) is 11.9. The normalized spacial score (nSPS) is 13.4. The van der Waals surface area contributed by atoms with Gasteiger partial charge in [0.2, 0.25) is 0 Å². The molecule has 0 bridgehead atoms. The molecule has 0 saturated carbocycles. The highest BCUT2D eigenvalue weighted by atomic mass is 32.2. The van der Waals surface area contributed by atoms with Crippen molar-refractivity contribution >= 4 is 22.6 Å². The first kappa shape index (κ1) is 17.3. The summed E-state index contributed by atoms with van der Waals surface area (Å²) < 4.78 is 16.6. The Morgan fingerprint density at radius 3 is 2.28 bits per heavy atom. The van der Waals surface area contributed by atoms with Gasteiger partial charge in [-0.25, -0.2) is 0 Å². The van der Waals surface area contributed by atoms with E-state index in [-0.39, 0.29) is 18.1 Å². The van der Waals surface area contributed by atoms with Crippen LogP contribution in [0.3, 0.4) is 0 Å². The van der Waals surface area contributed by atoms with Gasteiger partial charge in [0, 0.05) is 16.6 Å². The van der Waals surface area contributed by atoms with E-state index >= 15 is 0 Å². The summed E-state index contributed by atoms with van der Waals surface area (Å²) >= 11 is 0. The van der Waals surface area contributed by atoms with E-state index in [0.717, 1.165) is 6.42 Å². The molecular weight excluding hydrogens is 252 g/mol. The van der Waals surface area contributed by atoms with Crippen LogP contribution in [0.15, 0.2) is 0 Å². The minimum Gasteiger partial charge on any atom is -0.465 e. The first-order valence-corrected chi connectivity index (χ1v) is 7.76. The monoisotopic (exact) mass is 276 g/mol. The first-order valence-electron chi connectivity index (χ1n) is 6.27. The zero-order valence-corrected chi connectivity index (χ0v) is 12.8. The highest BCUT2D eigenvalue weighted by Gasteiger charge is 2.37. The molecule has 1 atom stereocenters. The number of hydrogen-bond acceptors (Lipinski definition) is 4. The molecule has 0 aromatic rings. The molecule has 0 aromatic carbocycles. The van der Waals surface area contributed by atoms with Crippen molar-refractivity contribution in [2.45, 2.75) is 41.0 Å². The van der Waals surface area contributed by atoms with E-state index in [1.807, 2.05) is 13.8 Å². The Kier molecular flexibility index (Phi) is 7.36. The van der Waals surface area contributed by atoms with Gasteiger partial charge in [-0.15, -0.1) is 0 Å². The summed E-state index contributed by atoms with van der Waals surface area (Å²) in [4.78, 5) is 23.6. The number of carbonyl (C=O) groups excluding carboxylic acids is 2. The second kappa shape index (κ2) is 7.67. The van der Waals surface area contributed by atoms with Crippen molar-refractivity contribution < 1.29 is 18.5 Å². The maximum atomic E-state index is 11.9. The van der Waals surface area contributed by atoms with Gasteiger partial charge in [-0.3, -0.25) is 13.8 Å². The standard InChI is InChI=1S/C13H24O4S/c1-6-17-12(15)13(4,5)11(14)9-18(16)8-7-10(2)3/h10H,6-9H2,1-5H3. The second-order valence-electron chi connectivity index (χ2n) is 5.24. The SMILES string of the molecule is CCOC(=O)C(C)(C)C(=O)CS(=O)CCC(C)C. The van der Waals surface area contributed by atoms with E-state index in [1.54, 1.807) is 6.92 Å². The van der Waals surface area contributed by atoms with Crippen molar-refractivity contribution in [3.8, 4) is 0 Å². The third-order valence-corrected chi connectivity index (χ3v) is 3.97. The summed E-state index contributed by atoms with van der Waals surface area (Å²) in [5, 5.41) is 0. The van der Waals surface area contributed by atoms with Crippen molar-refractivity contribution in [1.29, 1.82) is 0 Å². The van der Waals surface area contributed by atoms with Crippen LogP contribution in [0.5, 0.6) is 0 Å². The van der Waals surface area contributed by atoms with Gasteiger partial charge in [0.25, 0.3) is 0 Å². The van der Waals surface area contributed by atoms with E-state index < -0.39 is 22.2 Å². The first-order chi connectivity index (χ1) is 8.21. The number of ketones is 1. The van der Waals surface area contributed by atoms with Gasteiger partial charge in [0.05, 0.1) is 12.4 Å². The fraction of sp³-hybridized carbons (Fsp3) is 0.846. The molecule has 0 N–H and O–H groups in total. The van der Waals surface area contributed by atoms with E-state index in [0.29, 0.717) is 11.7 Å². The van der Waals surface area contributed by atoms with Gasteiger partial charge in [-0.05, 0) is 33.1 Å². The highest BCUT2D eigenvalue weighted by Crippen LogP contribution is 2.19. The average molecular weight is 276 g/mol. The molecule has 0 saturated heterocycles. The summed E-state index contributed by atoms with van der Waals surface area (Å²) in [6, 6.07) is 0. The lowest BCUT2D eigenvalue weighted by Gasteiger charge is -2.20. The summed E-state index contributed by atoms with van der Waals surface area (Å²) in [5.74, 6) is 0.0296. The average Bonchev–Trinajstić information content (AvgIpc) is 2.26. The minimum atomic E-state index is -1.20. The van der Waals surface area contributed by atoms with Crippen LogP contribution in [-0.4, -0.2) is 34.1 Å². The van der Waals surface area contributed by atoms with Crippen LogP contribution in [0.25, 0.3) is 0 Å². The number of carbonyl (C=O) groups is 2. The van der Waals surface area contributed by atoms with Crippen LogP contribution >= 0.6 is 0 Å². The van der Waals surface area contributed by atoms with E-state index in [1.165, 1.54) is 13.8 Å². The van der Waals surface area contributed by atoms with Crippen LogP contribution in [0.2, 0.25) is 0 Å². The lowest BCUT2D eigenvalue weighted by atomic mass is 9.89. The predicted molar refractivity (Wildman–Crippen MR) is 72.8 cm³/mol. The maximum Gasteiger partial charge on any atom is 0.319 e. The highest BCUT2D eigenvalue weighted by molar-refractivity contribution is 7.85. The van der Waals surface area contributed by atoms with Crippen LogP contribution in [-0.2, 0) is 25.1 Å². The number of hydrogen-bond donors (Lipinski definition) is 0. The van der Waals surface area contributed by atoms with Gasteiger partial charge in [0.15, 0.2) is 5.78 Å². The molecule has 0 radical (unpaired) electrons. The molecule has 0 spiro atoms. The van der Waals surface area contributed by atoms with Crippen LogP contribution in [0.1, 0.15) is 41.0 Å². The minimum absolute atomic E-state index is 0.0709. The molecule has 0 rings (SSSR count). The zero-order chi connectivity index (χ0) is 14.3. The molecular formula is C13H24O4S. The van der Waals surface area contributed by atoms with E-state index in [4.69, 9.17) is 4.74 Å². The molecule has 4 nitrogen and oxygen atoms in total. The third kappa shape index (κ3) is 5.76. The molecule has 0 aliphatic heterocycles. The molecule has 0 aromatic heterocycles. The van der Waals surface area contributed by atoms with Crippen LogP contribution < -0.4 is 0 Å². The fourth-order valence-electron chi connectivity index (χ4n) is 1.19. The smallest absolute Gasteiger partial charge is 0.319 e. The molecule has 18 heavy (non-hydrogen) atoms. The van der Waals surface area contributed by atoms with Crippen LogP contribution in [0.4, 0.5) is 0 Å². The molecule has 0 fully saturated rings. The Morgan fingerprint density at radius 2 is 1.83 bits per heavy atom. The number of ether oxygens (including phenoxy) is 1. The Hall–Kier alpha value is -0.710. The summed E-state index contributed by atoms with van der Waals surface area (Å²) in [6.07, 6.45) is 0.819. The fourth-order valence-corrected chi connectivity index (χ4v) is 2.72. The second-order valence-corrected chi connectivity index (χ2v) is 6.82. The number of esters is 1. The third-order valence-electron chi connectivity index (χ3n) is 2.70. The van der Waals surface area contributed by atoms with Crippen molar-refractivity contribution in [2.75, 3.05) is 18.1 Å². The molecule has 0 aliphatic carbocycles. The Morgan fingerprint density at radius 1 is 1.28 bits per heavy atom. The molecule has 5 heteroatoms. The quantitative estimate of drug-likeness (QED) is 0.502. The Labute approximate surface area is 112 Å². The summed E-state index contributed by atoms with van der Waals surface area (Å²) in [6.45, 7) is 9.06. The van der Waals surface area contributed by atoms with Crippen molar-refractivity contribution in [3.05, 3.63) is 0 Å². The summed E-state index contributed by atoms with van der Waals surface area (Å²) in [7, 11) is -1.19. The van der Waals surface area contributed by atoms with Gasteiger partial charge < -0.3 is 4.74 Å². The van der Waals surface area contributed by atoms with Gasteiger partial charge in [-0.2, -0.15) is 0 Å². The van der Waals surface area contributed by atoms with Crippen LogP contribution in [0, 0.1) is 11.3 Å². The maximum absolute atomic E-state index is 11.9. The number of rotatable bonds is 8. The van der Waals surface area contributed by atoms with Gasteiger partial charge >= 0.3 is 5.97 Å². The van der Waals surface area contributed by atoms with Gasteiger partial charge in [0.1, 0.15) is 5.41 Å². The van der Waals surface area contributed by atoms with Gasteiger partial charge in [-0.1, -0.05) is 13.8 Å². The molecule has 1 unspecified atom stereocenters. The molecule has 0 aliphatic rings. The predicted octanol–water partition coefficient (Wildman–Crippen LogP) is 1.94. The molecule has 0 heterocycles. The van der Waals surface area contributed by atoms with Crippen molar-refractivity contribution in [1.82, 2.24) is 0 Å². The van der Waals surface area contributed by atoms with Crippen molar-refractivity contribution in [3.63, 3.8) is 0 Å². The molecule has 106 valence electrons. The lowest BCUT2D eigenvalue weighted by molar-refractivity contribution is -0.157. The van der Waals surface area contributed by atoms with E-state index in [2.05, 4.69) is 0 Å². The van der Waals surface area contributed by atoms with Crippen molar-refractivity contribution in [2.24, 2.45) is 11.3 Å². The Balaban J connectivity index is 4.38. The lowest BCUT2D eigenvalue weighted by Crippen LogP contribution is -2.38. The Bertz CT molecular complexity index is 321. The topological polar surface area (TPSA) is 60.4 Å². The molecule has 0 amide bonds. The summed E-state index contributed by atoms with van der Waals surface area (Å²) in [5.41, 5.74) is -1.20. The number of Topliss-reactive ketones (excluding diaryl/α,β-unsaturated/α-hetero) is 1. The largest absolute Gasteiger partial charge is 0.465 e.